The van der Waals surface area contributed by atoms with Crippen LogP contribution in [0.5, 0.6) is 0 Å². The van der Waals surface area contributed by atoms with Crippen LogP contribution in [0.15, 0.2) is 36.4 Å². The molecule has 2 atom stereocenters. The molecule has 2 aromatic rings. The van der Waals surface area contributed by atoms with Gasteiger partial charge in [0.1, 0.15) is 4.88 Å². The van der Waals surface area contributed by atoms with E-state index in [4.69, 9.17) is 9.47 Å². The second kappa shape index (κ2) is 11.3. The van der Waals surface area contributed by atoms with Crippen LogP contribution in [0.3, 0.4) is 0 Å². The summed E-state index contributed by atoms with van der Waals surface area (Å²) in [5, 5.41) is 10.4. The van der Waals surface area contributed by atoms with Gasteiger partial charge in [-0.1, -0.05) is 38.3 Å². The largest absolute Gasteiger partial charge is 0.465 e. The van der Waals surface area contributed by atoms with Crippen molar-refractivity contribution in [3.8, 4) is 0 Å². The highest BCUT2D eigenvalue weighted by atomic mass is 32.2. The van der Waals surface area contributed by atoms with Gasteiger partial charge < -0.3 is 14.6 Å². The summed E-state index contributed by atoms with van der Waals surface area (Å²) in [7, 11) is -2.07. The van der Waals surface area contributed by atoms with Crippen molar-refractivity contribution in [2.24, 2.45) is 0 Å². The monoisotopic (exact) mass is 481 g/mol. The molecule has 1 aliphatic heterocycles. The number of anilines is 1. The number of benzene rings is 1. The molecule has 1 aliphatic rings. The molecule has 0 saturated carbocycles. The van der Waals surface area contributed by atoms with Crippen LogP contribution in [-0.4, -0.2) is 45.0 Å². The van der Waals surface area contributed by atoms with E-state index >= 15 is 0 Å². The number of carbonyl (C=O) groups is 1. The van der Waals surface area contributed by atoms with Gasteiger partial charge in [0.25, 0.3) is 0 Å². The number of methoxy groups -OCH3 is 1. The first-order valence-corrected chi connectivity index (χ1v) is 13.3. The van der Waals surface area contributed by atoms with E-state index in [1.165, 1.54) is 22.8 Å². The Hall–Kier alpha value is -1.94. The van der Waals surface area contributed by atoms with Gasteiger partial charge in [-0.3, -0.25) is 4.31 Å². The Bertz CT molecular complexity index is 986. The molecule has 0 radical (unpaired) electrons. The Balaban J connectivity index is 1.61. The molecule has 176 valence electrons. The molecule has 9 heteroatoms. The number of unbranched alkanes of at least 4 members (excludes halogenated alkanes) is 2. The number of thiophene rings is 1. The first-order valence-electron chi connectivity index (χ1n) is 10.9. The molecule has 32 heavy (non-hydrogen) atoms. The fourth-order valence-electron chi connectivity index (χ4n) is 3.81. The van der Waals surface area contributed by atoms with Crippen molar-refractivity contribution in [2.45, 2.75) is 57.8 Å². The van der Waals surface area contributed by atoms with Crippen molar-refractivity contribution >= 4 is 33.0 Å². The first-order chi connectivity index (χ1) is 15.4. The molecule has 1 aromatic heterocycles. The predicted molar refractivity (Wildman–Crippen MR) is 126 cm³/mol. The van der Waals surface area contributed by atoms with Crippen molar-refractivity contribution in [1.82, 2.24) is 0 Å². The van der Waals surface area contributed by atoms with Gasteiger partial charge in [0.15, 0.2) is 0 Å². The topological polar surface area (TPSA) is 93.1 Å². The third-order valence-electron chi connectivity index (χ3n) is 5.56. The molecule has 7 nitrogen and oxygen atoms in total. The average Bonchev–Trinajstić information content (AvgIpc) is 3.37. The minimum Gasteiger partial charge on any atom is -0.465 e. The highest BCUT2D eigenvalue weighted by Crippen LogP contribution is 2.31. The van der Waals surface area contributed by atoms with Crippen LogP contribution in [0.1, 0.15) is 65.2 Å². The van der Waals surface area contributed by atoms with Crippen LogP contribution in [0.2, 0.25) is 0 Å². The van der Waals surface area contributed by atoms with Crippen LogP contribution >= 0.6 is 11.3 Å². The van der Waals surface area contributed by atoms with E-state index in [1.807, 2.05) is 6.07 Å². The van der Waals surface area contributed by atoms with Gasteiger partial charge in [0.05, 0.1) is 43.9 Å². The number of carbonyl (C=O) groups excluding carboxylic acids is 1. The van der Waals surface area contributed by atoms with Crippen molar-refractivity contribution < 1.29 is 27.8 Å². The minimum absolute atomic E-state index is 0.0773. The lowest BCUT2D eigenvalue weighted by Crippen LogP contribution is -2.36. The number of aliphatic hydroxyl groups excluding tert-OH is 1. The molecule has 0 bridgehead atoms. The van der Waals surface area contributed by atoms with Gasteiger partial charge in [-0.15, -0.1) is 11.3 Å². The van der Waals surface area contributed by atoms with Gasteiger partial charge in [0, 0.05) is 4.88 Å². The van der Waals surface area contributed by atoms with Crippen molar-refractivity contribution in [3.63, 3.8) is 0 Å². The van der Waals surface area contributed by atoms with E-state index in [2.05, 4.69) is 6.92 Å². The lowest BCUT2D eigenvalue weighted by Gasteiger charge is -2.25. The summed E-state index contributed by atoms with van der Waals surface area (Å²) in [6.45, 7) is 2.68. The van der Waals surface area contributed by atoms with Crippen LogP contribution in [-0.2, 0) is 26.1 Å². The van der Waals surface area contributed by atoms with Gasteiger partial charge in [-0.05, 0) is 42.7 Å². The number of esters is 1. The molecule has 1 saturated heterocycles. The molecular weight excluding hydrogens is 450 g/mol. The number of aliphatic hydroxyl groups is 1. The van der Waals surface area contributed by atoms with Crippen molar-refractivity contribution in [2.75, 3.05) is 23.8 Å². The zero-order valence-corrected chi connectivity index (χ0v) is 20.2. The summed E-state index contributed by atoms with van der Waals surface area (Å²) >= 11 is 1.30. The lowest BCUT2D eigenvalue weighted by atomic mass is 10.0. The fraction of sp³-hybridized carbons (Fsp3) is 0.522. The number of rotatable bonds is 11. The molecule has 1 N–H and O–H groups in total. The van der Waals surface area contributed by atoms with Gasteiger partial charge in [-0.25, -0.2) is 13.2 Å². The zero-order valence-electron chi connectivity index (χ0n) is 18.5. The Morgan fingerprint density at radius 3 is 2.66 bits per heavy atom. The number of ether oxygens (including phenoxy) is 2. The smallest absolute Gasteiger partial charge is 0.348 e. The third kappa shape index (κ3) is 6.10. The van der Waals surface area contributed by atoms with Crippen LogP contribution in [0.4, 0.5) is 5.69 Å². The van der Waals surface area contributed by atoms with Gasteiger partial charge in [-0.2, -0.15) is 0 Å². The Morgan fingerprint density at radius 1 is 1.22 bits per heavy atom. The molecule has 3 rings (SSSR count). The maximum Gasteiger partial charge on any atom is 0.348 e. The minimum atomic E-state index is -3.41. The van der Waals surface area contributed by atoms with Crippen molar-refractivity contribution in [1.29, 1.82) is 0 Å². The lowest BCUT2D eigenvalue weighted by molar-refractivity contribution is 0.0606. The van der Waals surface area contributed by atoms with E-state index in [9.17, 15) is 18.3 Å². The standard InChI is InChI=1S/C23H31NO6S2/c1-3-4-5-6-21(25)17-7-9-18(10-8-17)24-19(13-14-32(24,27)28)15-30-16-20-11-12-22(31-20)23(26)29-2/h7-12,19,21,25H,3-6,13-16H2,1-2H3. The second-order valence-electron chi connectivity index (χ2n) is 7.93. The van der Waals surface area contributed by atoms with E-state index in [0.717, 1.165) is 29.7 Å². The Kier molecular flexibility index (Phi) is 8.70. The molecule has 2 heterocycles. The van der Waals surface area contributed by atoms with Crippen LogP contribution in [0.25, 0.3) is 0 Å². The summed E-state index contributed by atoms with van der Waals surface area (Å²) < 4.78 is 37.3. The highest BCUT2D eigenvalue weighted by Gasteiger charge is 2.37. The summed E-state index contributed by atoms with van der Waals surface area (Å²) in [6, 6.07) is 10.3. The average molecular weight is 482 g/mol. The quantitative estimate of drug-likeness (QED) is 0.380. The maximum atomic E-state index is 12.7. The maximum absolute atomic E-state index is 12.7. The van der Waals surface area contributed by atoms with Crippen LogP contribution in [0, 0.1) is 0 Å². The fourth-order valence-corrected chi connectivity index (χ4v) is 6.50. The molecule has 2 unspecified atom stereocenters. The summed E-state index contributed by atoms with van der Waals surface area (Å²) in [5.41, 5.74) is 1.39. The molecule has 0 aliphatic carbocycles. The van der Waals surface area contributed by atoms with Gasteiger partial charge >= 0.3 is 5.97 Å². The SMILES string of the molecule is CCCCCC(O)c1ccc(N2C(COCc3ccc(C(=O)OC)s3)CCS2(=O)=O)cc1. The number of hydrogen-bond acceptors (Lipinski definition) is 7. The summed E-state index contributed by atoms with van der Waals surface area (Å²) in [6.07, 6.45) is 3.79. The number of hydrogen-bond donors (Lipinski definition) is 1. The highest BCUT2D eigenvalue weighted by molar-refractivity contribution is 7.93. The second-order valence-corrected chi connectivity index (χ2v) is 11.1. The Morgan fingerprint density at radius 2 is 1.97 bits per heavy atom. The Labute approximate surface area is 194 Å². The van der Waals surface area contributed by atoms with E-state index < -0.39 is 16.1 Å². The van der Waals surface area contributed by atoms with Gasteiger partial charge in [0.2, 0.25) is 10.0 Å². The summed E-state index contributed by atoms with van der Waals surface area (Å²) in [5.74, 6) is -0.304. The number of sulfonamides is 1. The molecule has 0 amide bonds. The van der Waals surface area contributed by atoms with E-state index in [1.54, 1.807) is 30.3 Å². The molecule has 1 aromatic carbocycles. The number of nitrogens with zero attached hydrogens (tertiary/aromatic N) is 1. The first kappa shape index (κ1) is 24.7. The molecular formula is C23H31NO6S2. The third-order valence-corrected chi connectivity index (χ3v) is 8.46. The van der Waals surface area contributed by atoms with Crippen LogP contribution < -0.4 is 4.31 Å². The predicted octanol–water partition coefficient (Wildman–Crippen LogP) is 4.27. The molecule has 1 fully saturated rings. The normalized spacial score (nSPS) is 18.6. The van der Waals surface area contributed by atoms with E-state index in [0.29, 0.717) is 30.0 Å². The summed E-state index contributed by atoms with van der Waals surface area (Å²) in [4.78, 5) is 13.0. The molecule has 0 spiro atoms. The van der Waals surface area contributed by atoms with E-state index in [-0.39, 0.29) is 24.4 Å². The zero-order chi connectivity index (χ0) is 23.1. The van der Waals surface area contributed by atoms with Crippen molar-refractivity contribution in [3.05, 3.63) is 51.7 Å².